The Balaban J connectivity index is 0.00000176. The van der Waals surface area contributed by atoms with Crippen LogP contribution in [0, 0.1) is 0 Å². The van der Waals surface area contributed by atoms with Crippen molar-refractivity contribution in [2.24, 2.45) is 0 Å². The van der Waals surface area contributed by atoms with Crippen LogP contribution in [0.2, 0.25) is 9.36 Å². The Hall–Kier alpha value is -0.560. The fourth-order valence-corrected chi connectivity index (χ4v) is 4.03. The molecule has 0 bridgehead atoms. The highest BCUT2D eigenvalue weighted by Gasteiger charge is 2.16. The normalized spacial score (nSPS) is 12.1. The summed E-state index contributed by atoms with van der Waals surface area (Å²) in [4.78, 5) is 6.20. The number of rotatable bonds is 6. The molecule has 0 radical (unpaired) electrons. The van der Waals surface area contributed by atoms with E-state index in [0.717, 1.165) is 19.1 Å². The molecule has 118 valence electrons. The number of thiophene rings is 2. The molecule has 3 nitrogen and oxygen atoms in total. The van der Waals surface area contributed by atoms with Crippen molar-refractivity contribution in [1.29, 1.82) is 0 Å². The van der Waals surface area contributed by atoms with Crippen LogP contribution in [0.1, 0.15) is 15.9 Å². The third-order valence-electron chi connectivity index (χ3n) is 2.95. The van der Waals surface area contributed by atoms with E-state index in [2.05, 4.69) is 4.98 Å². The minimum absolute atomic E-state index is 0. The Bertz CT molecular complexity index is 697. The van der Waals surface area contributed by atoms with Crippen LogP contribution in [-0.4, -0.2) is 9.55 Å². The number of imidazole rings is 1. The summed E-state index contributed by atoms with van der Waals surface area (Å²) in [7, 11) is 0. The van der Waals surface area contributed by atoms with Gasteiger partial charge >= 0.3 is 0 Å². The summed E-state index contributed by atoms with van der Waals surface area (Å²) in [5.74, 6) is 0. The standard InChI is InChI=1S/C14H12Cl2N2OS2.ClH/c15-10-3-6-20-13(10)8-19-11(7-18-5-4-17-9-18)12-1-2-14(16)21-12;/h1-6,9,11H,7-8H2;1H. The number of nitrogens with zero attached hydrogens (tertiary/aromatic N) is 2. The molecule has 1 unspecified atom stereocenters. The van der Waals surface area contributed by atoms with E-state index in [9.17, 15) is 0 Å². The molecule has 3 heterocycles. The number of hydrogen-bond acceptors (Lipinski definition) is 4. The van der Waals surface area contributed by atoms with Crippen molar-refractivity contribution in [2.45, 2.75) is 19.3 Å². The maximum atomic E-state index is 6.11. The fraction of sp³-hybridized carbons (Fsp3) is 0.214. The smallest absolute Gasteiger partial charge is 0.110 e. The second-order valence-electron chi connectivity index (χ2n) is 4.39. The molecule has 22 heavy (non-hydrogen) atoms. The average molecular weight is 396 g/mol. The van der Waals surface area contributed by atoms with Crippen molar-refractivity contribution in [2.75, 3.05) is 0 Å². The SMILES string of the molecule is Cl.Clc1ccc(C(Cn2ccnc2)OCc2sccc2Cl)s1. The first-order valence-corrected chi connectivity index (χ1v) is 8.72. The molecule has 0 N–H and O–H groups in total. The van der Waals surface area contributed by atoms with E-state index in [1.807, 2.05) is 34.3 Å². The van der Waals surface area contributed by atoms with Gasteiger partial charge in [-0.2, -0.15) is 0 Å². The molecule has 0 aliphatic heterocycles. The van der Waals surface area contributed by atoms with Crippen molar-refractivity contribution in [3.8, 4) is 0 Å². The first-order valence-electron chi connectivity index (χ1n) is 6.27. The van der Waals surface area contributed by atoms with Gasteiger partial charge in [0.05, 0.1) is 28.8 Å². The summed E-state index contributed by atoms with van der Waals surface area (Å²) >= 11 is 15.3. The minimum Gasteiger partial charge on any atom is -0.365 e. The van der Waals surface area contributed by atoms with Crippen LogP contribution < -0.4 is 0 Å². The Morgan fingerprint density at radius 2 is 2.14 bits per heavy atom. The average Bonchev–Trinajstić information content (AvgIpc) is 3.18. The molecule has 1 atom stereocenters. The lowest BCUT2D eigenvalue weighted by atomic mass is 10.3. The number of halogens is 3. The molecule has 0 amide bonds. The summed E-state index contributed by atoms with van der Waals surface area (Å²) < 4.78 is 8.83. The van der Waals surface area contributed by atoms with Crippen LogP contribution in [0.3, 0.4) is 0 Å². The zero-order chi connectivity index (χ0) is 14.7. The second-order valence-corrected chi connectivity index (χ2v) is 7.55. The van der Waals surface area contributed by atoms with Gasteiger partial charge in [-0.25, -0.2) is 4.98 Å². The molecule has 0 spiro atoms. The number of hydrogen-bond donors (Lipinski definition) is 0. The molecule has 0 aliphatic carbocycles. The summed E-state index contributed by atoms with van der Waals surface area (Å²) in [5, 5.41) is 2.72. The first kappa shape index (κ1) is 17.8. The van der Waals surface area contributed by atoms with Crippen LogP contribution in [0.4, 0.5) is 0 Å². The van der Waals surface area contributed by atoms with Gasteiger partial charge in [-0.05, 0) is 23.6 Å². The molecule has 0 saturated heterocycles. The van der Waals surface area contributed by atoms with Gasteiger partial charge in [0.15, 0.2) is 0 Å². The Morgan fingerprint density at radius 1 is 1.27 bits per heavy atom. The third-order valence-corrected chi connectivity index (χ3v) is 5.64. The van der Waals surface area contributed by atoms with E-state index < -0.39 is 0 Å². The van der Waals surface area contributed by atoms with Gasteiger partial charge in [-0.3, -0.25) is 0 Å². The monoisotopic (exact) mass is 394 g/mol. The van der Waals surface area contributed by atoms with Crippen molar-refractivity contribution in [3.05, 3.63) is 61.4 Å². The molecule has 0 aromatic carbocycles. The highest BCUT2D eigenvalue weighted by molar-refractivity contribution is 7.16. The first-order chi connectivity index (χ1) is 10.2. The molecule has 3 aromatic rings. The van der Waals surface area contributed by atoms with E-state index in [1.165, 1.54) is 11.3 Å². The largest absolute Gasteiger partial charge is 0.365 e. The van der Waals surface area contributed by atoms with Crippen LogP contribution in [0.15, 0.2) is 42.3 Å². The van der Waals surface area contributed by atoms with E-state index >= 15 is 0 Å². The van der Waals surface area contributed by atoms with Crippen LogP contribution >= 0.6 is 58.3 Å². The van der Waals surface area contributed by atoms with Crippen molar-refractivity contribution in [3.63, 3.8) is 0 Å². The van der Waals surface area contributed by atoms with Gasteiger partial charge in [-0.15, -0.1) is 35.1 Å². The number of ether oxygens (including phenoxy) is 1. The van der Waals surface area contributed by atoms with Crippen LogP contribution in [-0.2, 0) is 17.9 Å². The molecular formula is C14H13Cl3N2OS2. The molecule has 0 saturated carbocycles. The van der Waals surface area contributed by atoms with Crippen LogP contribution in [0.5, 0.6) is 0 Å². The Labute approximate surface area is 152 Å². The van der Waals surface area contributed by atoms with E-state index in [1.54, 1.807) is 23.9 Å². The predicted octanol–water partition coefficient (Wildman–Crippen LogP) is 5.69. The molecule has 0 aliphatic rings. The van der Waals surface area contributed by atoms with Crippen molar-refractivity contribution >= 4 is 58.3 Å². The van der Waals surface area contributed by atoms with Gasteiger partial charge < -0.3 is 9.30 Å². The molecule has 3 rings (SSSR count). The highest BCUT2D eigenvalue weighted by Crippen LogP contribution is 2.32. The number of aromatic nitrogens is 2. The summed E-state index contributed by atoms with van der Waals surface area (Å²) in [6, 6.07) is 5.78. The minimum atomic E-state index is -0.0742. The van der Waals surface area contributed by atoms with Crippen LogP contribution in [0.25, 0.3) is 0 Å². The molecular weight excluding hydrogens is 383 g/mol. The zero-order valence-electron chi connectivity index (χ0n) is 11.3. The van der Waals surface area contributed by atoms with E-state index in [-0.39, 0.29) is 18.5 Å². The van der Waals surface area contributed by atoms with Gasteiger partial charge in [0, 0.05) is 22.1 Å². The summed E-state index contributed by atoms with van der Waals surface area (Å²) in [5.41, 5.74) is 0. The topological polar surface area (TPSA) is 27.1 Å². The third kappa shape index (κ3) is 4.47. The Morgan fingerprint density at radius 3 is 2.73 bits per heavy atom. The van der Waals surface area contributed by atoms with E-state index in [4.69, 9.17) is 27.9 Å². The summed E-state index contributed by atoms with van der Waals surface area (Å²) in [6.07, 6.45) is 5.39. The van der Waals surface area contributed by atoms with Gasteiger partial charge in [-0.1, -0.05) is 23.2 Å². The lowest BCUT2D eigenvalue weighted by molar-refractivity contribution is 0.0319. The highest BCUT2D eigenvalue weighted by atomic mass is 35.5. The Kier molecular flexibility index (Phi) is 6.74. The van der Waals surface area contributed by atoms with Gasteiger partial charge in [0.25, 0.3) is 0 Å². The molecule has 0 fully saturated rings. The maximum absolute atomic E-state index is 6.11. The molecule has 3 aromatic heterocycles. The van der Waals surface area contributed by atoms with E-state index in [0.29, 0.717) is 13.2 Å². The van der Waals surface area contributed by atoms with Gasteiger partial charge in [0.2, 0.25) is 0 Å². The lowest BCUT2D eigenvalue weighted by Gasteiger charge is -2.17. The predicted molar refractivity (Wildman–Crippen MR) is 95.7 cm³/mol. The fourth-order valence-electron chi connectivity index (χ4n) is 1.92. The van der Waals surface area contributed by atoms with Gasteiger partial charge in [0.1, 0.15) is 6.10 Å². The molecule has 8 heteroatoms. The van der Waals surface area contributed by atoms with Crippen molar-refractivity contribution < 1.29 is 4.74 Å². The van der Waals surface area contributed by atoms with Crippen molar-refractivity contribution in [1.82, 2.24) is 9.55 Å². The quantitative estimate of drug-likeness (QED) is 0.536. The lowest BCUT2D eigenvalue weighted by Crippen LogP contribution is -2.10. The summed E-state index contributed by atoms with van der Waals surface area (Å²) in [6.45, 7) is 1.19. The second kappa shape index (κ2) is 8.34. The zero-order valence-corrected chi connectivity index (χ0v) is 15.3. The maximum Gasteiger partial charge on any atom is 0.110 e.